The van der Waals surface area contributed by atoms with Crippen LogP contribution in [-0.4, -0.2) is 34.3 Å². The predicted octanol–water partition coefficient (Wildman–Crippen LogP) is 1.80. The number of aliphatic carboxylic acids is 1. The lowest BCUT2D eigenvalue weighted by Crippen LogP contribution is -2.11. The Hall–Kier alpha value is -3.06. The molecule has 1 aromatic carbocycles. The van der Waals surface area contributed by atoms with Crippen LogP contribution >= 0.6 is 15.9 Å². The topological polar surface area (TPSA) is 157 Å². The molecule has 0 bridgehead atoms. The third-order valence-corrected chi connectivity index (χ3v) is 3.58. The van der Waals surface area contributed by atoms with E-state index in [1.165, 1.54) is 0 Å². The summed E-state index contributed by atoms with van der Waals surface area (Å²) in [4.78, 5) is 18.6. The van der Waals surface area contributed by atoms with Gasteiger partial charge in [-0.1, -0.05) is 0 Å². The molecule has 0 spiro atoms. The molecule has 0 aliphatic heterocycles. The second kappa shape index (κ2) is 7.67. The van der Waals surface area contributed by atoms with E-state index in [4.69, 9.17) is 26.0 Å². The maximum Gasteiger partial charge on any atom is 0.341 e. The van der Waals surface area contributed by atoms with E-state index in [0.29, 0.717) is 16.6 Å². The molecule has 0 fully saturated rings. The molecule has 10 heteroatoms. The summed E-state index contributed by atoms with van der Waals surface area (Å²) in [5, 5.41) is 18.1. The maximum absolute atomic E-state index is 10.7. The van der Waals surface area contributed by atoms with E-state index < -0.39 is 12.6 Å². The van der Waals surface area contributed by atoms with Gasteiger partial charge in [-0.25, -0.2) is 9.78 Å². The van der Waals surface area contributed by atoms with Gasteiger partial charge >= 0.3 is 5.97 Å². The fraction of sp³-hybridized carbons (Fsp3) is 0.200. The normalized spacial score (nSPS) is 10.1. The first-order chi connectivity index (χ1) is 11.9. The van der Waals surface area contributed by atoms with Crippen LogP contribution in [0.1, 0.15) is 12.5 Å². The van der Waals surface area contributed by atoms with Crippen molar-refractivity contribution in [2.75, 3.05) is 24.7 Å². The van der Waals surface area contributed by atoms with E-state index in [1.807, 2.05) is 6.07 Å². The monoisotopic (exact) mass is 407 g/mol. The van der Waals surface area contributed by atoms with Crippen LogP contribution in [0.4, 0.5) is 11.8 Å². The molecule has 25 heavy (non-hydrogen) atoms. The molecule has 2 aromatic rings. The smallest absolute Gasteiger partial charge is 0.341 e. The first-order valence-corrected chi connectivity index (χ1v) is 7.81. The number of rotatable bonds is 6. The lowest BCUT2D eigenvalue weighted by atomic mass is 10.1. The first-order valence-electron chi connectivity index (χ1n) is 7.01. The van der Waals surface area contributed by atoms with E-state index in [9.17, 15) is 10.1 Å². The van der Waals surface area contributed by atoms with Gasteiger partial charge in [0.2, 0.25) is 5.95 Å². The third-order valence-electron chi connectivity index (χ3n) is 2.99. The Kier molecular flexibility index (Phi) is 5.61. The molecule has 0 radical (unpaired) electrons. The Bertz CT molecular complexity index is 866. The summed E-state index contributed by atoms with van der Waals surface area (Å²) in [6.07, 6.45) is 0. The first kappa shape index (κ1) is 18.3. The molecule has 0 aliphatic carbocycles. The van der Waals surface area contributed by atoms with Crippen molar-refractivity contribution >= 4 is 33.7 Å². The highest BCUT2D eigenvalue weighted by Gasteiger charge is 2.19. The second-order valence-electron chi connectivity index (χ2n) is 4.70. The Morgan fingerprint density at radius 1 is 1.36 bits per heavy atom. The number of benzene rings is 1. The number of carbonyl (C=O) groups is 1. The molecule has 5 N–H and O–H groups in total. The molecular formula is C15H14BrN5O4. The molecule has 0 unspecified atom stereocenters. The molecule has 0 amide bonds. The molecule has 0 atom stereocenters. The van der Waals surface area contributed by atoms with Crippen molar-refractivity contribution in [3.8, 4) is 28.8 Å². The van der Waals surface area contributed by atoms with Crippen molar-refractivity contribution in [1.82, 2.24) is 9.97 Å². The summed E-state index contributed by atoms with van der Waals surface area (Å²) >= 11 is 3.31. The molecular weight excluding hydrogens is 394 g/mol. The number of nitrogens with two attached hydrogens (primary N) is 2. The van der Waals surface area contributed by atoms with Gasteiger partial charge in [0.1, 0.15) is 17.5 Å². The molecule has 9 nitrogen and oxygen atoms in total. The Morgan fingerprint density at radius 2 is 2.08 bits per heavy atom. The fourth-order valence-corrected chi connectivity index (χ4v) is 2.61. The van der Waals surface area contributed by atoms with Crippen molar-refractivity contribution in [2.24, 2.45) is 0 Å². The molecule has 1 heterocycles. The zero-order valence-corrected chi connectivity index (χ0v) is 14.7. The quantitative estimate of drug-likeness (QED) is 0.648. The Balaban J connectivity index is 2.61. The fourth-order valence-electron chi connectivity index (χ4n) is 2.06. The van der Waals surface area contributed by atoms with Gasteiger partial charge in [-0.05, 0) is 35.0 Å². The number of nitrogens with zero attached hydrogens (tertiary/aromatic N) is 3. The average Bonchev–Trinajstić information content (AvgIpc) is 2.53. The summed E-state index contributed by atoms with van der Waals surface area (Å²) in [6.45, 7) is 1.55. The van der Waals surface area contributed by atoms with Crippen LogP contribution in [0.5, 0.6) is 11.5 Å². The standard InChI is InChI=1S/C15H14BrN5O4/c1-2-24-10-4-7(3-9(16)13(10)25-6-11(22)23)12-8(5-17)14(18)21-15(19)20-12/h3-4H,2,6H2,1H3,(H,22,23)(H4,18,19,20,21). The molecule has 1 aromatic heterocycles. The van der Waals surface area contributed by atoms with Gasteiger partial charge in [-0.15, -0.1) is 0 Å². The molecule has 0 aliphatic rings. The van der Waals surface area contributed by atoms with Crippen molar-refractivity contribution in [2.45, 2.75) is 6.92 Å². The number of hydrogen-bond donors (Lipinski definition) is 3. The highest BCUT2D eigenvalue weighted by molar-refractivity contribution is 9.10. The highest BCUT2D eigenvalue weighted by atomic mass is 79.9. The summed E-state index contributed by atoms with van der Waals surface area (Å²) in [5.41, 5.74) is 12.1. The molecule has 0 saturated heterocycles. The summed E-state index contributed by atoms with van der Waals surface area (Å²) in [6, 6.07) is 5.11. The second-order valence-corrected chi connectivity index (χ2v) is 5.56. The van der Waals surface area contributed by atoms with Gasteiger partial charge in [0.15, 0.2) is 18.1 Å². The van der Waals surface area contributed by atoms with Gasteiger partial charge < -0.3 is 26.0 Å². The van der Waals surface area contributed by atoms with E-state index in [1.54, 1.807) is 19.1 Å². The van der Waals surface area contributed by atoms with E-state index in [-0.39, 0.29) is 34.5 Å². The summed E-state index contributed by atoms with van der Waals surface area (Å²) < 4.78 is 11.2. The van der Waals surface area contributed by atoms with Crippen molar-refractivity contribution in [3.05, 3.63) is 22.2 Å². The van der Waals surface area contributed by atoms with Crippen LogP contribution < -0.4 is 20.9 Å². The Morgan fingerprint density at radius 3 is 2.68 bits per heavy atom. The Labute approximate surface area is 151 Å². The van der Waals surface area contributed by atoms with Crippen LogP contribution in [-0.2, 0) is 4.79 Å². The van der Waals surface area contributed by atoms with Gasteiger partial charge in [-0.3, -0.25) is 0 Å². The van der Waals surface area contributed by atoms with Crippen LogP contribution in [0.25, 0.3) is 11.3 Å². The van der Waals surface area contributed by atoms with Crippen LogP contribution in [0, 0.1) is 11.3 Å². The number of halogens is 1. The van der Waals surface area contributed by atoms with Gasteiger partial charge in [-0.2, -0.15) is 10.2 Å². The van der Waals surface area contributed by atoms with E-state index >= 15 is 0 Å². The largest absolute Gasteiger partial charge is 0.490 e. The molecule has 0 saturated carbocycles. The summed E-state index contributed by atoms with van der Waals surface area (Å²) in [5.74, 6) is -0.729. The number of carboxylic acid groups (broad SMARTS) is 1. The van der Waals surface area contributed by atoms with E-state index in [0.717, 1.165) is 0 Å². The van der Waals surface area contributed by atoms with Gasteiger partial charge in [0.05, 0.1) is 16.8 Å². The minimum absolute atomic E-state index is 0.0368. The van der Waals surface area contributed by atoms with Crippen LogP contribution in [0.2, 0.25) is 0 Å². The lowest BCUT2D eigenvalue weighted by molar-refractivity contribution is -0.139. The molecule has 130 valence electrons. The predicted molar refractivity (Wildman–Crippen MR) is 93.0 cm³/mol. The van der Waals surface area contributed by atoms with Crippen molar-refractivity contribution < 1.29 is 19.4 Å². The summed E-state index contributed by atoms with van der Waals surface area (Å²) in [7, 11) is 0. The molecule has 2 rings (SSSR count). The average molecular weight is 408 g/mol. The number of anilines is 2. The minimum Gasteiger partial charge on any atom is -0.490 e. The zero-order chi connectivity index (χ0) is 18.6. The number of carboxylic acids is 1. The number of hydrogen-bond acceptors (Lipinski definition) is 8. The van der Waals surface area contributed by atoms with Crippen molar-refractivity contribution in [1.29, 1.82) is 5.26 Å². The van der Waals surface area contributed by atoms with Crippen molar-refractivity contribution in [3.63, 3.8) is 0 Å². The SMILES string of the molecule is CCOc1cc(-c2nc(N)nc(N)c2C#N)cc(Br)c1OCC(=O)O. The number of nitriles is 1. The highest BCUT2D eigenvalue weighted by Crippen LogP contribution is 2.40. The van der Waals surface area contributed by atoms with Crippen LogP contribution in [0.15, 0.2) is 16.6 Å². The number of ether oxygens (including phenoxy) is 2. The van der Waals surface area contributed by atoms with E-state index in [2.05, 4.69) is 25.9 Å². The maximum atomic E-state index is 10.7. The number of nitrogen functional groups attached to an aromatic ring is 2. The zero-order valence-electron chi connectivity index (χ0n) is 13.1. The number of aromatic nitrogens is 2. The lowest BCUT2D eigenvalue weighted by Gasteiger charge is -2.15. The van der Waals surface area contributed by atoms with Gasteiger partial charge in [0, 0.05) is 5.56 Å². The van der Waals surface area contributed by atoms with Crippen LogP contribution in [0.3, 0.4) is 0 Å². The minimum atomic E-state index is -1.12. The van der Waals surface area contributed by atoms with Gasteiger partial charge in [0.25, 0.3) is 0 Å². The third kappa shape index (κ3) is 4.07.